The molecule has 0 spiro atoms. The summed E-state index contributed by atoms with van der Waals surface area (Å²) < 4.78 is 0. The number of aromatic nitrogens is 1. The summed E-state index contributed by atoms with van der Waals surface area (Å²) in [5.74, 6) is -0.207. The number of Topliss-reactive ketones (excluding diaryl/α,β-unsaturated/α-hetero) is 1. The SMILES string of the molecule is CC(=O)c1ccccc1N(Cc1ccc2ccc(Cl)nc2c1)C(C)=O. The second-order valence-electron chi connectivity index (χ2n) is 5.84. The van der Waals surface area contributed by atoms with Crippen molar-refractivity contribution in [2.75, 3.05) is 4.90 Å². The van der Waals surface area contributed by atoms with Gasteiger partial charge in [-0.2, -0.15) is 0 Å². The van der Waals surface area contributed by atoms with E-state index in [0.717, 1.165) is 16.5 Å². The van der Waals surface area contributed by atoms with Gasteiger partial charge in [0.2, 0.25) is 5.91 Å². The Bertz CT molecular complexity index is 969. The molecule has 0 aliphatic carbocycles. The summed E-state index contributed by atoms with van der Waals surface area (Å²) in [7, 11) is 0. The highest BCUT2D eigenvalue weighted by atomic mass is 35.5. The highest BCUT2D eigenvalue weighted by Crippen LogP contribution is 2.24. The first-order valence-corrected chi connectivity index (χ1v) is 8.27. The van der Waals surface area contributed by atoms with Gasteiger partial charge < -0.3 is 4.90 Å². The van der Waals surface area contributed by atoms with Crippen molar-refractivity contribution >= 4 is 39.9 Å². The van der Waals surface area contributed by atoms with Crippen LogP contribution < -0.4 is 4.90 Å². The maximum atomic E-state index is 12.2. The van der Waals surface area contributed by atoms with Gasteiger partial charge in [0, 0.05) is 17.9 Å². The Morgan fingerprint density at radius 2 is 1.76 bits per heavy atom. The highest BCUT2D eigenvalue weighted by Gasteiger charge is 2.17. The minimum absolute atomic E-state index is 0.0752. The van der Waals surface area contributed by atoms with Crippen LogP contribution in [0.15, 0.2) is 54.6 Å². The number of amides is 1. The Labute approximate surface area is 151 Å². The first-order valence-electron chi connectivity index (χ1n) is 7.89. The fourth-order valence-electron chi connectivity index (χ4n) is 2.79. The summed E-state index contributed by atoms with van der Waals surface area (Å²) in [6, 6.07) is 16.6. The lowest BCUT2D eigenvalue weighted by Gasteiger charge is -2.23. The summed E-state index contributed by atoms with van der Waals surface area (Å²) in [4.78, 5) is 30.0. The molecule has 0 aliphatic heterocycles. The van der Waals surface area contributed by atoms with Crippen LogP contribution in [0, 0.1) is 0 Å². The zero-order valence-corrected chi connectivity index (χ0v) is 14.7. The molecule has 3 rings (SSSR count). The summed E-state index contributed by atoms with van der Waals surface area (Å²) >= 11 is 5.97. The number of fused-ring (bicyclic) bond motifs is 1. The Morgan fingerprint density at radius 3 is 2.48 bits per heavy atom. The Balaban J connectivity index is 2.01. The van der Waals surface area contributed by atoms with E-state index in [1.54, 1.807) is 29.2 Å². The number of halogens is 1. The number of pyridine rings is 1. The van der Waals surface area contributed by atoms with E-state index in [2.05, 4.69) is 4.98 Å². The molecule has 0 aliphatic rings. The summed E-state index contributed by atoms with van der Waals surface area (Å²) in [6.07, 6.45) is 0. The molecule has 5 heteroatoms. The smallest absolute Gasteiger partial charge is 0.224 e. The van der Waals surface area contributed by atoms with Gasteiger partial charge in [-0.3, -0.25) is 9.59 Å². The van der Waals surface area contributed by atoms with Crippen molar-refractivity contribution in [1.82, 2.24) is 4.98 Å². The van der Waals surface area contributed by atoms with Crippen LogP contribution >= 0.6 is 11.6 Å². The van der Waals surface area contributed by atoms with Gasteiger partial charge in [0.25, 0.3) is 0 Å². The van der Waals surface area contributed by atoms with Gasteiger partial charge >= 0.3 is 0 Å². The molecule has 126 valence electrons. The van der Waals surface area contributed by atoms with Gasteiger partial charge in [0.1, 0.15) is 5.15 Å². The van der Waals surface area contributed by atoms with Crippen LogP contribution in [0.2, 0.25) is 5.15 Å². The maximum absolute atomic E-state index is 12.2. The number of carbonyl (C=O) groups is 2. The zero-order chi connectivity index (χ0) is 18.0. The maximum Gasteiger partial charge on any atom is 0.224 e. The van der Waals surface area contributed by atoms with E-state index in [1.807, 2.05) is 30.3 Å². The second-order valence-corrected chi connectivity index (χ2v) is 6.23. The van der Waals surface area contributed by atoms with Crippen LogP contribution in [0.4, 0.5) is 5.69 Å². The van der Waals surface area contributed by atoms with Crippen LogP contribution in [0.25, 0.3) is 10.9 Å². The molecule has 0 atom stereocenters. The van der Waals surface area contributed by atoms with Crippen LogP contribution in [-0.2, 0) is 11.3 Å². The number of para-hydroxylation sites is 1. The summed E-state index contributed by atoms with van der Waals surface area (Å²) in [5, 5.41) is 1.40. The van der Waals surface area contributed by atoms with Crippen molar-refractivity contribution < 1.29 is 9.59 Å². The molecule has 0 N–H and O–H groups in total. The molecule has 1 amide bonds. The van der Waals surface area contributed by atoms with E-state index in [9.17, 15) is 9.59 Å². The molecular formula is C20H17ClN2O2. The van der Waals surface area contributed by atoms with E-state index in [1.165, 1.54) is 13.8 Å². The average molecular weight is 353 g/mol. The molecule has 0 saturated heterocycles. The third kappa shape index (κ3) is 3.69. The monoisotopic (exact) mass is 352 g/mol. The van der Waals surface area contributed by atoms with Gasteiger partial charge in [-0.1, -0.05) is 35.9 Å². The number of ketones is 1. The lowest BCUT2D eigenvalue weighted by molar-refractivity contribution is -0.116. The Kier molecular flexibility index (Phi) is 4.81. The van der Waals surface area contributed by atoms with Gasteiger partial charge in [0.05, 0.1) is 17.7 Å². The van der Waals surface area contributed by atoms with Crippen molar-refractivity contribution in [2.45, 2.75) is 20.4 Å². The molecule has 3 aromatic rings. The fourth-order valence-corrected chi connectivity index (χ4v) is 2.95. The van der Waals surface area contributed by atoms with Crippen LogP contribution in [-0.4, -0.2) is 16.7 Å². The van der Waals surface area contributed by atoms with Gasteiger partial charge in [0.15, 0.2) is 5.78 Å². The molecule has 4 nitrogen and oxygen atoms in total. The highest BCUT2D eigenvalue weighted by molar-refractivity contribution is 6.29. The van der Waals surface area contributed by atoms with Crippen molar-refractivity contribution in [1.29, 1.82) is 0 Å². The molecule has 0 radical (unpaired) electrons. The minimum atomic E-state index is -0.132. The average Bonchev–Trinajstić information content (AvgIpc) is 2.59. The van der Waals surface area contributed by atoms with E-state index in [0.29, 0.717) is 22.9 Å². The molecule has 0 fully saturated rings. The molecular weight excluding hydrogens is 336 g/mol. The first-order chi connectivity index (χ1) is 12.0. The Hall–Kier alpha value is -2.72. The van der Waals surface area contributed by atoms with E-state index < -0.39 is 0 Å². The van der Waals surface area contributed by atoms with E-state index in [4.69, 9.17) is 11.6 Å². The quantitative estimate of drug-likeness (QED) is 0.507. The number of nitrogens with zero attached hydrogens (tertiary/aromatic N) is 2. The number of carbonyl (C=O) groups excluding carboxylic acids is 2. The lowest BCUT2D eigenvalue weighted by atomic mass is 10.1. The number of anilines is 1. The standard InChI is InChI=1S/C20H17ClN2O2/c1-13(24)17-5-3-4-6-19(17)23(14(2)25)12-15-7-8-16-9-10-20(21)22-18(16)11-15/h3-11H,12H2,1-2H3. The lowest BCUT2D eigenvalue weighted by Crippen LogP contribution is -2.29. The molecule has 2 aromatic carbocycles. The number of benzene rings is 2. The van der Waals surface area contributed by atoms with Gasteiger partial charge in [-0.25, -0.2) is 4.98 Å². The predicted octanol–water partition coefficient (Wildman–Crippen LogP) is 4.64. The second kappa shape index (κ2) is 7.03. The van der Waals surface area contributed by atoms with Crippen molar-refractivity contribution in [3.05, 3.63) is 70.9 Å². The number of hydrogen-bond acceptors (Lipinski definition) is 3. The van der Waals surface area contributed by atoms with Crippen LogP contribution in [0.5, 0.6) is 0 Å². The van der Waals surface area contributed by atoms with E-state index in [-0.39, 0.29) is 11.7 Å². The number of rotatable bonds is 4. The Morgan fingerprint density at radius 1 is 1.04 bits per heavy atom. The predicted molar refractivity (Wildman–Crippen MR) is 100 cm³/mol. The normalized spacial score (nSPS) is 10.7. The molecule has 0 unspecified atom stereocenters. The van der Waals surface area contributed by atoms with Crippen molar-refractivity contribution in [3.8, 4) is 0 Å². The third-order valence-electron chi connectivity index (χ3n) is 4.02. The van der Waals surface area contributed by atoms with Gasteiger partial charge in [-0.15, -0.1) is 0 Å². The van der Waals surface area contributed by atoms with Crippen molar-refractivity contribution in [2.24, 2.45) is 0 Å². The zero-order valence-electron chi connectivity index (χ0n) is 14.0. The third-order valence-corrected chi connectivity index (χ3v) is 4.23. The fraction of sp³-hybridized carbons (Fsp3) is 0.150. The largest absolute Gasteiger partial charge is 0.308 e. The first kappa shape index (κ1) is 17.1. The molecule has 1 heterocycles. The van der Waals surface area contributed by atoms with E-state index >= 15 is 0 Å². The molecule has 0 bridgehead atoms. The molecule has 0 saturated carbocycles. The minimum Gasteiger partial charge on any atom is -0.308 e. The topological polar surface area (TPSA) is 50.3 Å². The van der Waals surface area contributed by atoms with Crippen LogP contribution in [0.3, 0.4) is 0 Å². The summed E-state index contributed by atoms with van der Waals surface area (Å²) in [6.45, 7) is 3.34. The molecule has 1 aromatic heterocycles. The van der Waals surface area contributed by atoms with Gasteiger partial charge in [-0.05, 0) is 42.8 Å². The molecule has 25 heavy (non-hydrogen) atoms. The van der Waals surface area contributed by atoms with Crippen LogP contribution in [0.1, 0.15) is 29.8 Å². The summed E-state index contributed by atoms with van der Waals surface area (Å²) in [5.41, 5.74) is 2.82. The van der Waals surface area contributed by atoms with Crippen molar-refractivity contribution in [3.63, 3.8) is 0 Å². The number of hydrogen-bond donors (Lipinski definition) is 0.